The predicted octanol–water partition coefficient (Wildman–Crippen LogP) is 0.941. The maximum Gasteiger partial charge on any atom is 0.269 e. The number of rotatable bonds is 3. The summed E-state index contributed by atoms with van der Waals surface area (Å²) in [5, 5.41) is 20.3. The Kier molecular flexibility index (Phi) is 4.08. The number of carbonyl (C=O) groups excluding carboxylic acids is 1. The van der Waals surface area contributed by atoms with E-state index in [-0.39, 0.29) is 17.7 Å². The predicted molar refractivity (Wildman–Crippen MR) is 80.8 cm³/mol. The topological polar surface area (TPSA) is 86.9 Å². The highest BCUT2D eigenvalue weighted by atomic mass is 16.6. The number of nitrogens with zero attached hydrogens (tertiary/aromatic N) is 3. The fourth-order valence-corrected chi connectivity index (χ4v) is 3.11. The van der Waals surface area contributed by atoms with Crippen molar-refractivity contribution in [3.05, 3.63) is 33.9 Å². The van der Waals surface area contributed by atoms with Gasteiger partial charge in [0.1, 0.15) is 0 Å². The van der Waals surface area contributed by atoms with Gasteiger partial charge in [0.15, 0.2) is 0 Å². The number of likely N-dealkylation sites (tertiary alicyclic amines) is 1. The van der Waals surface area contributed by atoms with Gasteiger partial charge in [-0.25, -0.2) is 0 Å². The Morgan fingerprint density at radius 2 is 2.05 bits per heavy atom. The first kappa shape index (κ1) is 14.9. The SMILES string of the molecule is O=C(CN1CCC(O)CC1)N1CCc2cc([N+](=O)[O-])ccc21. The van der Waals surface area contributed by atoms with Crippen LogP contribution in [0.1, 0.15) is 18.4 Å². The number of fused-ring (bicyclic) bond motifs is 1. The zero-order chi connectivity index (χ0) is 15.7. The monoisotopic (exact) mass is 305 g/mol. The second kappa shape index (κ2) is 6.02. The minimum atomic E-state index is -0.413. The molecule has 1 saturated heterocycles. The third kappa shape index (κ3) is 2.95. The number of piperidine rings is 1. The van der Waals surface area contributed by atoms with E-state index in [0.717, 1.165) is 24.3 Å². The standard InChI is InChI=1S/C15H19N3O4/c19-13-4-6-16(7-5-13)10-15(20)17-8-3-11-9-12(18(21)22)1-2-14(11)17/h1-2,9,13,19H,3-8,10H2. The van der Waals surface area contributed by atoms with Crippen molar-refractivity contribution in [2.45, 2.75) is 25.4 Å². The first-order chi connectivity index (χ1) is 10.5. The highest BCUT2D eigenvalue weighted by molar-refractivity contribution is 5.97. The van der Waals surface area contributed by atoms with Crippen molar-refractivity contribution < 1.29 is 14.8 Å². The molecule has 0 radical (unpaired) electrons. The fourth-order valence-electron chi connectivity index (χ4n) is 3.11. The summed E-state index contributed by atoms with van der Waals surface area (Å²) < 4.78 is 0. The summed E-state index contributed by atoms with van der Waals surface area (Å²) in [5.41, 5.74) is 1.71. The Morgan fingerprint density at radius 3 is 2.73 bits per heavy atom. The van der Waals surface area contributed by atoms with E-state index < -0.39 is 4.92 Å². The maximum atomic E-state index is 12.5. The zero-order valence-corrected chi connectivity index (χ0v) is 12.3. The second-order valence-electron chi connectivity index (χ2n) is 5.87. The number of aliphatic hydroxyl groups is 1. The fraction of sp³-hybridized carbons (Fsp3) is 0.533. The number of benzene rings is 1. The molecule has 0 bridgehead atoms. The quantitative estimate of drug-likeness (QED) is 0.663. The van der Waals surface area contributed by atoms with Crippen molar-refractivity contribution in [1.82, 2.24) is 4.90 Å². The maximum absolute atomic E-state index is 12.5. The number of non-ortho nitro benzene ring substituents is 1. The minimum absolute atomic E-state index is 0.0176. The van der Waals surface area contributed by atoms with Gasteiger partial charge in [0.25, 0.3) is 5.69 Å². The van der Waals surface area contributed by atoms with E-state index in [9.17, 15) is 20.0 Å². The lowest BCUT2D eigenvalue weighted by molar-refractivity contribution is -0.384. The Labute approximate surface area is 128 Å². The number of anilines is 1. The Morgan fingerprint density at radius 1 is 1.32 bits per heavy atom. The molecule has 7 heteroatoms. The van der Waals surface area contributed by atoms with E-state index in [1.54, 1.807) is 17.0 Å². The van der Waals surface area contributed by atoms with Gasteiger partial charge in [0.2, 0.25) is 5.91 Å². The van der Waals surface area contributed by atoms with E-state index in [2.05, 4.69) is 4.90 Å². The number of hydrogen-bond acceptors (Lipinski definition) is 5. The molecular formula is C15H19N3O4. The summed E-state index contributed by atoms with van der Waals surface area (Å²) in [6.45, 7) is 2.37. The number of carbonyl (C=O) groups is 1. The average Bonchev–Trinajstić information content (AvgIpc) is 2.92. The highest BCUT2D eigenvalue weighted by Gasteiger charge is 2.28. The van der Waals surface area contributed by atoms with Crippen LogP contribution in [0.2, 0.25) is 0 Å². The van der Waals surface area contributed by atoms with Gasteiger partial charge in [0.05, 0.1) is 17.6 Å². The minimum Gasteiger partial charge on any atom is -0.393 e. The van der Waals surface area contributed by atoms with Gasteiger partial charge in [-0.3, -0.25) is 19.8 Å². The van der Waals surface area contributed by atoms with Gasteiger partial charge < -0.3 is 10.0 Å². The van der Waals surface area contributed by atoms with Crippen LogP contribution >= 0.6 is 0 Å². The zero-order valence-electron chi connectivity index (χ0n) is 12.3. The van der Waals surface area contributed by atoms with Crippen LogP contribution in [0.3, 0.4) is 0 Å². The summed E-state index contributed by atoms with van der Waals surface area (Å²) in [5.74, 6) is 0.0176. The third-order valence-corrected chi connectivity index (χ3v) is 4.39. The molecule has 7 nitrogen and oxygen atoms in total. The summed E-state index contributed by atoms with van der Waals surface area (Å²) >= 11 is 0. The van der Waals surface area contributed by atoms with Crippen molar-refractivity contribution in [2.24, 2.45) is 0 Å². The second-order valence-corrected chi connectivity index (χ2v) is 5.87. The molecule has 0 atom stereocenters. The van der Waals surface area contributed by atoms with Crippen molar-refractivity contribution in [3.63, 3.8) is 0 Å². The van der Waals surface area contributed by atoms with E-state index in [1.807, 2.05) is 0 Å². The lowest BCUT2D eigenvalue weighted by Crippen LogP contribution is -2.43. The molecule has 0 aliphatic carbocycles. The van der Waals surface area contributed by atoms with Gasteiger partial charge in [-0.15, -0.1) is 0 Å². The molecule has 118 valence electrons. The van der Waals surface area contributed by atoms with Gasteiger partial charge >= 0.3 is 0 Å². The largest absolute Gasteiger partial charge is 0.393 e. The lowest BCUT2D eigenvalue weighted by Gasteiger charge is -2.30. The van der Waals surface area contributed by atoms with Crippen LogP contribution in [-0.4, -0.2) is 53.1 Å². The van der Waals surface area contributed by atoms with Crippen LogP contribution < -0.4 is 4.90 Å². The average molecular weight is 305 g/mol. The molecule has 2 heterocycles. The van der Waals surface area contributed by atoms with Gasteiger partial charge in [-0.1, -0.05) is 0 Å². The van der Waals surface area contributed by atoms with Crippen molar-refractivity contribution in [3.8, 4) is 0 Å². The smallest absolute Gasteiger partial charge is 0.269 e. The van der Waals surface area contributed by atoms with Gasteiger partial charge in [-0.2, -0.15) is 0 Å². The van der Waals surface area contributed by atoms with Crippen LogP contribution in [-0.2, 0) is 11.2 Å². The van der Waals surface area contributed by atoms with E-state index in [1.165, 1.54) is 6.07 Å². The molecule has 2 aliphatic heterocycles. The molecule has 0 spiro atoms. The molecule has 1 amide bonds. The first-order valence-corrected chi connectivity index (χ1v) is 7.52. The first-order valence-electron chi connectivity index (χ1n) is 7.52. The molecule has 3 rings (SSSR count). The molecule has 22 heavy (non-hydrogen) atoms. The summed E-state index contributed by atoms with van der Waals surface area (Å²) in [7, 11) is 0. The Bertz CT molecular complexity index is 596. The molecular weight excluding hydrogens is 286 g/mol. The molecule has 1 aromatic rings. The van der Waals surface area contributed by atoms with Gasteiger partial charge in [0, 0.05) is 37.5 Å². The van der Waals surface area contributed by atoms with Crippen molar-refractivity contribution in [1.29, 1.82) is 0 Å². The van der Waals surface area contributed by atoms with E-state index in [4.69, 9.17) is 0 Å². The number of nitro groups is 1. The lowest BCUT2D eigenvalue weighted by atomic mass is 10.1. The third-order valence-electron chi connectivity index (χ3n) is 4.39. The van der Waals surface area contributed by atoms with Gasteiger partial charge in [-0.05, 0) is 30.9 Å². The Hall–Kier alpha value is -1.99. The van der Waals surface area contributed by atoms with E-state index >= 15 is 0 Å². The van der Waals surface area contributed by atoms with Crippen LogP contribution in [0.5, 0.6) is 0 Å². The number of aliphatic hydroxyl groups excluding tert-OH is 1. The molecule has 0 saturated carbocycles. The number of hydrogen-bond donors (Lipinski definition) is 1. The molecule has 1 aromatic carbocycles. The molecule has 2 aliphatic rings. The molecule has 0 unspecified atom stereocenters. The highest BCUT2D eigenvalue weighted by Crippen LogP contribution is 2.31. The van der Waals surface area contributed by atoms with E-state index in [0.29, 0.717) is 32.4 Å². The normalized spacial score (nSPS) is 19.2. The number of amides is 1. The van der Waals surface area contributed by atoms with Crippen LogP contribution in [0.15, 0.2) is 18.2 Å². The summed E-state index contributed by atoms with van der Waals surface area (Å²) in [4.78, 5) is 26.6. The van der Waals surface area contributed by atoms with Crippen LogP contribution in [0, 0.1) is 10.1 Å². The van der Waals surface area contributed by atoms with Crippen LogP contribution in [0.4, 0.5) is 11.4 Å². The Balaban J connectivity index is 1.67. The van der Waals surface area contributed by atoms with Crippen molar-refractivity contribution in [2.75, 3.05) is 31.1 Å². The molecule has 1 fully saturated rings. The molecule has 0 aromatic heterocycles. The number of nitro benzene ring substituents is 1. The molecule has 1 N–H and O–H groups in total. The summed E-state index contributed by atoms with van der Waals surface area (Å²) in [6.07, 6.45) is 1.81. The van der Waals surface area contributed by atoms with Crippen molar-refractivity contribution >= 4 is 17.3 Å². The summed E-state index contributed by atoms with van der Waals surface area (Å²) in [6, 6.07) is 4.67. The van der Waals surface area contributed by atoms with Crippen LogP contribution in [0.25, 0.3) is 0 Å².